The van der Waals surface area contributed by atoms with Crippen molar-refractivity contribution in [3.63, 3.8) is 0 Å². The van der Waals surface area contributed by atoms with Crippen LogP contribution in [0.5, 0.6) is 0 Å². The third-order valence-electron chi connectivity index (χ3n) is 3.93. The number of rotatable bonds is 7. The number of aryl methyl sites for hydroxylation is 1. The molecule has 0 bridgehead atoms. The van der Waals surface area contributed by atoms with Gasteiger partial charge in [0.15, 0.2) is 0 Å². The quantitative estimate of drug-likeness (QED) is 0.768. The number of nitrogens with one attached hydrogen (secondary N) is 1. The summed E-state index contributed by atoms with van der Waals surface area (Å²) in [5, 5.41) is 3.89. The van der Waals surface area contributed by atoms with Crippen LogP contribution in [0.1, 0.15) is 32.6 Å². The van der Waals surface area contributed by atoms with E-state index < -0.39 is 10.0 Å². The van der Waals surface area contributed by atoms with Crippen molar-refractivity contribution in [2.75, 3.05) is 26.2 Å². The van der Waals surface area contributed by atoms with Crippen molar-refractivity contribution in [3.05, 3.63) is 12.4 Å². The zero-order chi connectivity index (χ0) is 15.3. The lowest BCUT2D eigenvalue weighted by Gasteiger charge is -2.30. The lowest BCUT2D eigenvalue weighted by molar-refractivity contribution is 0.181. The lowest BCUT2D eigenvalue weighted by Crippen LogP contribution is -2.35. The van der Waals surface area contributed by atoms with E-state index in [0.29, 0.717) is 6.54 Å². The second-order valence-corrected chi connectivity index (χ2v) is 7.77. The summed E-state index contributed by atoms with van der Waals surface area (Å²) in [6, 6.07) is 0. The Labute approximate surface area is 127 Å². The smallest absolute Gasteiger partial charge is 0.243 e. The van der Waals surface area contributed by atoms with Crippen molar-refractivity contribution in [1.82, 2.24) is 19.4 Å². The molecular weight excluding hydrogens is 288 g/mol. The lowest BCUT2D eigenvalue weighted by atomic mass is 10.0. The number of unbranched alkanes of at least 4 members (excludes halogenated alkanes) is 1. The maximum absolute atomic E-state index is 12.0. The number of likely N-dealkylation sites (tertiary alicyclic amines) is 1. The third-order valence-corrected chi connectivity index (χ3v) is 5.34. The van der Waals surface area contributed by atoms with Gasteiger partial charge in [-0.2, -0.15) is 5.10 Å². The molecule has 21 heavy (non-hydrogen) atoms. The van der Waals surface area contributed by atoms with Gasteiger partial charge < -0.3 is 4.90 Å². The van der Waals surface area contributed by atoms with E-state index in [1.54, 1.807) is 7.05 Å². The highest BCUT2D eigenvalue weighted by molar-refractivity contribution is 7.89. The van der Waals surface area contributed by atoms with Crippen LogP contribution in [-0.4, -0.2) is 49.3 Å². The average molecular weight is 314 g/mol. The molecule has 1 aromatic heterocycles. The monoisotopic (exact) mass is 314 g/mol. The first-order valence-electron chi connectivity index (χ1n) is 7.68. The molecule has 0 unspecified atom stereocenters. The highest BCUT2D eigenvalue weighted by Gasteiger charge is 2.17. The number of hydrogen-bond donors (Lipinski definition) is 1. The summed E-state index contributed by atoms with van der Waals surface area (Å²) in [5.74, 6) is 0.794. The van der Waals surface area contributed by atoms with E-state index in [-0.39, 0.29) is 4.90 Å². The molecule has 7 heteroatoms. The van der Waals surface area contributed by atoms with Gasteiger partial charge in [0.25, 0.3) is 0 Å². The van der Waals surface area contributed by atoms with Crippen LogP contribution in [0.15, 0.2) is 17.3 Å². The van der Waals surface area contributed by atoms with Crippen LogP contribution in [-0.2, 0) is 17.1 Å². The zero-order valence-corrected chi connectivity index (χ0v) is 13.8. The third kappa shape index (κ3) is 5.09. The van der Waals surface area contributed by atoms with Gasteiger partial charge in [0.1, 0.15) is 4.90 Å². The number of nitrogens with zero attached hydrogens (tertiary/aromatic N) is 3. The predicted molar refractivity (Wildman–Crippen MR) is 82.5 cm³/mol. The fourth-order valence-electron chi connectivity index (χ4n) is 2.78. The SMILES string of the molecule is C[C@@H]1CCCN(CCCCNS(=O)(=O)c2cnn(C)c2)C1. The molecule has 2 heterocycles. The molecule has 6 nitrogen and oxygen atoms in total. The van der Waals surface area contributed by atoms with Gasteiger partial charge in [-0.1, -0.05) is 6.92 Å². The van der Waals surface area contributed by atoms with Gasteiger partial charge in [0.05, 0.1) is 6.20 Å². The van der Waals surface area contributed by atoms with Crippen LogP contribution in [0.2, 0.25) is 0 Å². The van der Waals surface area contributed by atoms with Crippen LogP contribution in [0, 0.1) is 5.92 Å². The largest absolute Gasteiger partial charge is 0.303 e. The Kier molecular flexibility index (Phi) is 5.78. The summed E-state index contributed by atoms with van der Waals surface area (Å²) < 4.78 is 28.1. The zero-order valence-electron chi connectivity index (χ0n) is 13.0. The van der Waals surface area contributed by atoms with Crippen LogP contribution >= 0.6 is 0 Å². The van der Waals surface area contributed by atoms with Crippen molar-refractivity contribution in [2.24, 2.45) is 13.0 Å². The fraction of sp³-hybridized carbons (Fsp3) is 0.786. The number of hydrogen-bond acceptors (Lipinski definition) is 4. The molecule has 1 fully saturated rings. The Morgan fingerprint density at radius 2 is 2.24 bits per heavy atom. The molecule has 0 saturated carbocycles. The molecule has 1 aromatic rings. The molecule has 1 saturated heterocycles. The van der Waals surface area contributed by atoms with Gasteiger partial charge in [0, 0.05) is 26.3 Å². The van der Waals surface area contributed by atoms with Gasteiger partial charge in [-0.25, -0.2) is 13.1 Å². The maximum atomic E-state index is 12.0. The molecule has 0 spiro atoms. The minimum Gasteiger partial charge on any atom is -0.303 e. The van der Waals surface area contributed by atoms with Crippen molar-refractivity contribution in [3.8, 4) is 0 Å². The summed E-state index contributed by atoms with van der Waals surface area (Å²) in [6.45, 7) is 6.22. The molecule has 2 rings (SSSR count). The Morgan fingerprint density at radius 1 is 1.43 bits per heavy atom. The Balaban J connectivity index is 1.65. The van der Waals surface area contributed by atoms with Gasteiger partial charge in [-0.3, -0.25) is 4.68 Å². The van der Waals surface area contributed by atoms with Crippen molar-refractivity contribution in [1.29, 1.82) is 0 Å². The predicted octanol–water partition coefficient (Wildman–Crippen LogP) is 1.21. The Hall–Kier alpha value is -0.920. The molecule has 1 N–H and O–H groups in total. The van der Waals surface area contributed by atoms with Crippen molar-refractivity contribution < 1.29 is 8.42 Å². The second-order valence-electron chi connectivity index (χ2n) is 6.00. The first kappa shape index (κ1) is 16.5. The first-order chi connectivity index (χ1) is 9.97. The van der Waals surface area contributed by atoms with Crippen molar-refractivity contribution >= 4 is 10.0 Å². The van der Waals surface area contributed by atoms with Crippen LogP contribution in [0.25, 0.3) is 0 Å². The minimum absolute atomic E-state index is 0.231. The topological polar surface area (TPSA) is 67.2 Å². The molecule has 1 aliphatic rings. The van der Waals surface area contributed by atoms with Crippen molar-refractivity contribution in [2.45, 2.75) is 37.5 Å². The van der Waals surface area contributed by atoms with Gasteiger partial charge in [0.2, 0.25) is 10.0 Å². The molecule has 0 radical (unpaired) electrons. The van der Waals surface area contributed by atoms with Gasteiger partial charge in [-0.15, -0.1) is 0 Å². The van der Waals surface area contributed by atoms with Crippen LogP contribution < -0.4 is 4.72 Å². The molecule has 1 atom stereocenters. The molecule has 0 amide bonds. The second kappa shape index (κ2) is 7.38. The summed E-state index contributed by atoms with van der Waals surface area (Å²) in [5.41, 5.74) is 0. The van der Waals surface area contributed by atoms with E-state index in [1.165, 1.54) is 43.0 Å². The normalized spacial score (nSPS) is 20.8. The van der Waals surface area contributed by atoms with E-state index in [9.17, 15) is 8.42 Å². The van der Waals surface area contributed by atoms with E-state index in [4.69, 9.17) is 0 Å². The average Bonchev–Trinajstić information content (AvgIpc) is 2.86. The van der Waals surface area contributed by atoms with Gasteiger partial charge >= 0.3 is 0 Å². The van der Waals surface area contributed by atoms with E-state index in [0.717, 1.165) is 25.3 Å². The van der Waals surface area contributed by atoms with Crippen LogP contribution in [0.4, 0.5) is 0 Å². The highest BCUT2D eigenvalue weighted by atomic mass is 32.2. The maximum Gasteiger partial charge on any atom is 0.243 e. The van der Waals surface area contributed by atoms with Gasteiger partial charge in [-0.05, 0) is 44.7 Å². The Morgan fingerprint density at radius 3 is 2.90 bits per heavy atom. The van der Waals surface area contributed by atoms with E-state index in [2.05, 4.69) is 21.6 Å². The summed E-state index contributed by atoms with van der Waals surface area (Å²) in [7, 11) is -1.69. The summed E-state index contributed by atoms with van der Waals surface area (Å²) in [6.07, 6.45) is 7.40. The standard InChI is InChI=1S/C14H26N4O2S/c1-13-6-5-9-18(11-13)8-4-3-7-16-21(19,20)14-10-15-17(2)12-14/h10,12-13,16H,3-9,11H2,1-2H3/t13-/m1/s1. The first-order valence-corrected chi connectivity index (χ1v) is 9.16. The van der Waals surface area contributed by atoms with E-state index in [1.807, 2.05) is 0 Å². The van der Waals surface area contributed by atoms with Crippen LogP contribution in [0.3, 0.4) is 0 Å². The van der Waals surface area contributed by atoms with E-state index >= 15 is 0 Å². The minimum atomic E-state index is -3.40. The number of aromatic nitrogens is 2. The number of sulfonamides is 1. The fourth-order valence-corrected chi connectivity index (χ4v) is 3.83. The summed E-state index contributed by atoms with van der Waals surface area (Å²) in [4.78, 5) is 2.72. The highest BCUT2D eigenvalue weighted by Crippen LogP contribution is 2.15. The number of piperidine rings is 1. The molecule has 120 valence electrons. The Bertz CT molecular complexity index is 541. The molecular formula is C14H26N4O2S. The molecule has 0 aliphatic carbocycles. The summed E-state index contributed by atoms with van der Waals surface area (Å²) >= 11 is 0. The molecule has 1 aliphatic heterocycles. The molecule has 0 aromatic carbocycles.